The number of hydrogen-bond donors (Lipinski definition) is 1. The third-order valence-electron chi connectivity index (χ3n) is 4.95. The molecule has 27 heavy (non-hydrogen) atoms. The number of benzene rings is 1. The lowest BCUT2D eigenvalue weighted by atomic mass is 9.82. The molecule has 3 heterocycles. The van der Waals surface area contributed by atoms with Crippen LogP contribution in [0.5, 0.6) is 0 Å². The number of hydrogen-bond acceptors (Lipinski definition) is 6. The van der Waals surface area contributed by atoms with Gasteiger partial charge < -0.3 is 9.64 Å². The Morgan fingerprint density at radius 3 is 2.44 bits per heavy atom. The van der Waals surface area contributed by atoms with Crippen molar-refractivity contribution in [3.63, 3.8) is 0 Å². The van der Waals surface area contributed by atoms with Crippen LogP contribution in [0.2, 0.25) is 0 Å². The lowest BCUT2D eigenvalue weighted by Gasteiger charge is -2.56. The maximum absolute atomic E-state index is 14.6. The number of sulfonamides is 1. The van der Waals surface area contributed by atoms with Gasteiger partial charge in [0.05, 0.1) is 18.5 Å². The van der Waals surface area contributed by atoms with E-state index in [9.17, 15) is 22.0 Å². The van der Waals surface area contributed by atoms with Gasteiger partial charge in [-0.3, -0.25) is 4.90 Å². The monoisotopic (exact) mass is 419 g/mol. The molecule has 0 aliphatic carbocycles. The summed E-state index contributed by atoms with van der Waals surface area (Å²) in [4.78, 5) is 14.8. The molecule has 0 radical (unpaired) electrons. The lowest BCUT2D eigenvalue weighted by molar-refractivity contribution is 0.143. The van der Waals surface area contributed by atoms with Gasteiger partial charge in [-0.1, -0.05) is 0 Å². The number of halogens is 2. The second kappa shape index (κ2) is 6.49. The largest absolute Gasteiger partial charge is 0.443 e. The summed E-state index contributed by atoms with van der Waals surface area (Å²) < 4.78 is 58.8. The zero-order chi connectivity index (χ0) is 19.4. The number of nitrogens with zero attached hydrogens (tertiary/aromatic N) is 2. The molecule has 7 nitrogen and oxygen atoms in total. The van der Waals surface area contributed by atoms with Crippen molar-refractivity contribution in [3.05, 3.63) is 23.8 Å². The molecular formula is C16H19F2N3O4S2. The van der Waals surface area contributed by atoms with Gasteiger partial charge >= 0.3 is 6.09 Å². The van der Waals surface area contributed by atoms with E-state index >= 15 is 0 Å². The van der Waals surface area contributed by atoms with Crippen LogP contribution in [0.3, 0.4) is 0 Å². The van der Waals surface area contributed by atoms with Crippen molar-refractivity contribution in [1.29, 1.82) is 0 Å². The SMILES string of the molecule is CS(=O)(=O)NC[C@H]1CN(c2cc(F)c(N3CC4(CSC4)C3)c(F)c2)C(=O)O1. The third kappa shape index (κ3) is 3.59. The Balaban J connectivity index is 1.47. The molecule has 0 aromatic heterocycles. The number of rotatable bonds is 5. The summed E-state index contributed by atoms with van der Waals surface area (Å²) in [6, 6.07) is 2.24. The summed E-state index contributed by atoms with van der Waals surface area (Å²) in [6.45, 7) is 1.18. The van der Waals surface area contributed by atoms with Crippen molar-refractivity contribution < 1.29 is 26.7 Å². The van der Waals surface area contributed by atoms with Crippen LogP contribution in [0, 0.1) is 17.0 Å². The Morgan fingerprint density at radius 2 is 1.93 bits per heavy atom. The second-order valence-electron chi connectivity index (χ2n) is 7.34. The van der Waals surface area contributed by atoms with Crippen molar-refractivity contribution in [1.82, 2.24) is 4.72 Å². The molecule has 3 aliphatic heterocycles. The minimum atomic E-state index is -3.43. The first-order valence-corrected chi connectivity index (χ1v) is 11.4. The average Bonchev–Trinajstić information content (AvgIpc) is 2.85. The van der Waals surface area contributed by atoms with E-state index in [0.29, 0.717) is 13.1 Å². The first-order chi connectivity index (χ1) is 12.7. The third-order valence-corrected chi connectivity index (χ3v) is 7.27. The predicted octanol–water partition coefficient (Wildman–Crippen LogP) is 1.39. The summed E-state index contributed by atoms with van der Waals surface area (Å²) in [5, 5.41) is 0. The van der Waals surface area contributed by atoms with Crippen LogP contribution in [0.15, 0.2) is 12.1 Å². The highest BCUT2D eigenvalue weighted by Crippen LogP contribution is 2.48. The van der Waals surface area contributed by atoms with Crippen LogP contribution < -0.4 is 14.5 Å². The summed E-state index contributed by atoms with van der Waals surface area (Å²) in [5.41, 5.74) is 0.181. The van der Waals surface area contributed by atoms with Gasteiger partial charge in [0, 0.05) is 48.7 Å². The van der Waals surface area contributed by atoms with Crippen LogP contribution in [0.4, 0.5) is 25.0 Å². The van der Waals surface area contributed by atoms with E-state index in [4.69, 9.17) is 4.74 Å². The zero-order valence-corrected chi connectivity index (χ0v) is 16.2. The number of carbonyl (C=O) groups is 1. The van der Waals surface area contributed by atoms with E-state index in [1.54, 1.807) is 4.90 Å². The summed E-state index contributed by atoms with van der Waals surface area (Å²) >= 11 is 1.84. The van der Waals surface area contributed by atoms with Gasteiger partial charge in [-0.15, -0.1) is 0 Å². The molecule has 3 aliphatic rings. The molecular weight excluding hydrogens is 400 g/mol. The molecule has 1 aromatic rings. The summed E-state index contributed by atoms with van der Waals surface area (Å²) in [6.07, 6.45) is -0.506. The Hall–Kier alpha value is -1.59. The molecule has 0 bridgehead atoms. The van der Waals surface area contributed by atoms with Crippen LogP contribution in [-0.2, 0) is 14.8 Å². The Kier molecular flexibility index (Phi) is 4.51. The van der Waals surface area contributed by atoms with E-state index < -0.39 is 33.9 Å². The van der Waals surface area contributed by atoms with Crippen molar-refractivity contribution >= 4 is 39.3 Å². The smallest absolute Gasteiger partial charge is 0.414 e. The molecule has 1 aromatic carbocycles. The fourth-order valence-corrected chi connectivity index (χ4v) is 5.22. The quantitative estimate of drug-likeness (QED) is 0.777. The molecule has 3 saturated heterocycles. The van der Waals surface area contributed by atoms with E-state index in [1.807, 2.05) is 11.8 Å². The molecule has 0 unspecified atom stereocenters. The number of thioether (sulfide) groups is 1. The molecule has 1 spiro atoms. The number of ether oxygens (including phenoxy) is 1. The second-order valence-corrected chi connectivity index (χ2v) is 10.2. The van der Waals surface area contributed by atoms with Crippen LogP contribution in [0.1, 0.15) is 0 Å². The molecule has 4 rings (SSSR count). The van der Waals surface area contributed by atoms with E-state index in [0.717, 1.165) is 34.8 Å². The Labute approximate surface area is 160 Å². The lowest BCUT2D eigenvalue weighted by Crippen LogP contribution is -2.63. The van der Waals surface area contributed by atoms with Gasteiger partial charge in [0.1, 0.15) is 11.8 Å². The van der Waals surface area contributed by atoms with Crippen LogP contribution in [0.25, 0.3) is 0 Å². The topological polar surface area (TPSA) is 79.0 Å². The van der Waals surface area contributed by atoms with Gasteiger partial charge in [0.15, 0.2) is 11.6 Å². The van der Waals surface area contributed by atoms with Crippen molar-refractivity contribution in [2.75, 3.05) is 53.7 Å². The van der Waals surface area contributed by atoms with Crippen molar-refractivity contribution in [3.8, 4) is 0 Å². The number of carbonyl (C=O) groups excluding carboxylic acids is 1. The highest BCUT2D eigenvalue weighted by molar-refractivity contribution is 8.00. The van der Waals surface area contributed by atoms with Gasteiger partial charge in [-0.25, -0.2) is 26.7 Å². The number of nitrogens with one attached hydrogen (secondary N) is 1. The van der Waals surface area contributed by atoms with Crippen LogP contribution >= 0.6 is 11.8 Å². The fraction of sp³-hybridized carbons (Fsp3) is 0.562. The standard InChI is InChI=1S/C16H19F2N3O4S2/c1-27(23,24)19-4-11-5-21(15(22)25-11)10-2-12(17)14(13(18)3-10)20-6-16(7-20)8-26-9-16/h2-3,11,19H,4-9H2,1H3/t11-/m0/s1. The highest BCUT2D eigenvalue weighted by atomic mass is 32.2. The zero-order valence-electron chi connectivity index (χ0n) is 14.6. The number of amides is 1. The Morgan fingerprint density at radius 1 is 1.30 bits per heavy atom. The molecule has 1 N–H and O–H groups in total. The maximum Gasteiger partial charge on any atom is 0.414 e. The maximum atomic E-state index is 14.6. The molecule has 0 saturated carbocycles. The Bertz CT molecular complexity index is 861. The van der Waals surface area contributed by atoms with Gasteiger partial charge in [0.2, 0.25) is 10.0 Å². The predicted molar refractivity (Wildman–Crippen MR) is 98.8 cm³/mol. The average molecular weight is 419 g/mol. The first-order valence-electron chi connectivity index (χ1n) is 8.40. The summed E-state index contributed by atoms with van der Waals surface area (Å²) in [7, 11) is -3.43. The van der Waals surface area contributed by atoms with Gasteiger partial charge in [-0.2, -0.15) is 11.8 Å². The summed E-state index contributed by atoms with van der Waals surface area (Å²) in [5.74, 6) is 0.593. The van der Waals surface area contributed by atoms with E-state index in [-0.39, 0.29) is 29.9 Å². The highest BCUT2D eigenvalue weighted by Gasteiger charge is 2.49. The number of anilines is 2. The minimum Gasteiger partial charge on any atom is -0.443 e. The van der Waals surface area contributed by atoms with Crippen LogP contribution in [-0.4, -0.2) is 64.6 Å². The van der Waals surface area contributed by atoms with Crippen molar-refractivity contribution in [2.24, 2.45) is 5.41 Å². The number of cyclic esters (lactones) is 1. The normalized spacial score (nSPS) is 24.0. The fourth-order valence-electron chi connectivity index (χ4n) is 3.59. The molecule has 11 heteroatoms. The van der Waals surface area contributed by atoms with E-state index in [2.05, 4.69) is 4.72 Å². The first kappa shape index (κ1) is 18.8. The molecule has 1 atom stereocenters. The molecule has 148 valence electrons. The van der Waals surface area contributed by atoms with Gasteiger partial charge in [0.25, 0.3) is 0 Å². The molecule has 1 amide bonds. The van der Waals surface area contributed by atoms with Gasteiger partial charge in [-0.05, 0) is 0 Å². The minimum absolute atomic E-state index is 0.00360. The van der Waals surface area contributed by atoms with E-state index in [1.165, 1.54) is 0 Å². The van der Waals surface area contributed by atoms with Crippen molar-refractivity contribution in [2.45, 2.75) is 6.10 Å². The molecule has 3 fully saturated rings.